The van der Waals surface area contributed by atoms with E-state index in [1.54, 1.807) is 6.07 Å². The first-order valence-corrected chi connectivity index (χ1v) is 7.94. The minimum Gasteiger partial charge on any atom is -0.306 e. The Morgan fingerprint density at radius 3 is 2.45 bits per heavy atom. The first-order valence-electron chi connectivity index (χ1n) is 6.86. The van der Waals surface area contributed by atoms with Crippen LogP contribution in [0.1, 0.15) is 36.1 Å². The Kier molecular flexibility index (Phi) is 5.54. The Morgan fingerprint density at radius 1 is 1.15 bits per heavy atom. The molecule has 0 aliphatic heterocycles. The van der Waals surface area contributed by atoms with E-state index >= 15 is 0 Å². The van der Waals surface area contributed by atoms with Gasteiger partial charge in [0.2, 0.25) is 0 Å². The van der Waals surface area contributed by atoms with Crippen molar-refractivity contribution in [3.63, 3.8) is 0 Å². The van der Waals surface area contributed by atoms with Crippen molar-refractivity contribution in [2.45, 2.75) is 26.3 Å². The van der Waals surface area contributed by atoms with Crippen molar-refractivity contribution in [3.05, 3.63) is 68.5 Å². The lowest BCUT2D eigenvalue weighted by Gasteiger charge is -2.21. The van der Waals surface area contributed by atoms with Crippen LogP contribution in [0.4, 0.5) is 4.39 Å². The average molecular weight is 383 g/mol. The fourth-order valence-electron chi connectivity index (χ4n) is 2.19. The van der Waals surface area contributed by atoms with E-state index < -0.39 is 0 Å². The Morgan fingerprint density at radius 2 is 1.85 bits per heavy atom. The number of rotatable bonds is 5. The SMILES string of the molecule is CCCNC(c1ccc(C)cc1)c1ccc(F)cc1I. The summed E-state index contributed by atoms with van der Waals surface area (Å²) >= 11 is 2.21. The number of nitrogens with one attached hydrogen (secondary N) is 1. The molecule has 3 heteroatoms. The molecular formula is C17H19FIN. The smallest absolute Gasteiger partial charge is 0.124 e. The van der Waals surface area contributed by atoms with E-state index in [0.29, 0.717) is 0 Å². The van der Waals surface area contributed by atoms with Gasteiger partial charge in [0.1, 0.15) is 5.82 Å². The summed E-state index contributed by atoms with van der Waals surface area (Å²) < 4.78 is 14.2. The molecule has 0 fully saturated rings. The van der Waals surface area contributed by atoms with Crippen LogP contribution in [0.15, 0.2) is 42.5 Å². The predicted molar refractivity (Wildman–Crippen MR) is 90.4 cm³/mol. The molecule has 0 heterocycles. The van der Waals surface area contributed by atoms with Crippen molar-refractivity contribution >= 4 is 22.6 Å². The van der Waals surface area contributed by atoms with Gasteiger partial charge < -0.3 is 5.32 Å². The summed E-state index contributed by atoms with van der Waals surface area (Å²) in [5, 5.41) is 3.55. The molecule has 1 nitrogen and oxygen atoms in total. The molecule has 2 aromatic carbocycles. The van der Waals surface area contributed by atoms with Gasteiger partial charge >= 0.3 is 0 Å². The quantitative estimate of drug-likeness (QED) is 0.730. The lowest BCUT2D eigenvalue weighted by molar-refractivity contribution is 0.590. The fraction of sp³-hybridized carbons (Fsp3) is 0.294. The van der Waals surface area contributed by atoms with Crippen LogP contribution in [0.25, 0.3) is 0 Å². The lowest BCUT2D eigenvalue weighted by atomic mass is 9.97. The molecule has 0 saturated carbocycles. The Labute approximate surface area is 133 Å². The van der Waals surface area contributed by atoms with Gasteiger partial charge in [-0.15, -0.1) is 0 Å². The van der Waals surface area contributed by atoms with Gasteiger partial charge in [-0.2, -0.15) is 0 Å². The monoisotopic (exact) mass is 383 g/mol. The molecule has 0 radical (unpaired) electrons. The highest BCUT2D eigenvalue weighted by Crippen LogP contribution is 2.27. The number of aryl methyl sites for hydroxylation is 1. The summed E-state index contributed by atoms with van der Waals surface area (Å²) in [5.74, 6) is -0.184. The summed E-state index contributed by atoms with van der Waals surface area (Å²) in [7, 11) is 0. The van der Waals surface area contributed by atoms with Crippen molar-refractivity contribution < 1.29 is 4.39 Å². The van der Waals surface area contributed by atoms with Crippen LogP contribution in [0.5, 0.6) is 0 Å². The highest BCUT2D eigenvalue weighted by molar-refractivity contribution is 14.1. The number of hydrogen-bond donors (Lipinski definition) is 1. The van der Waals surface area contributed by atoms with Crippen molar-refractivity contribution in [2.75, 3.05) is 6.54 Å². The van der Waals surface area contributed by atoms with E-state index in [9.17, 15) is 4.39 Å². The molecule has 0 bridgehead atoms. The van der Waals surface area contributed by atoms with Gasteiger partial charge in [0.15, 0.2) is 0 Å². The van der Waals surface area contributed by atoms with Gasteiger partial charge in [-0.3, -0.25) is 0 Å². The first-order chi connectivity index (χ1) is 9.61. The molecule has 20 heavy (non-hydrogen) atoms. The largest absolute Gasteiger partial charge is 0.306 e. The third kappa shape index (κ3) is 3.79. The first kappa shape index (κ1) is 15.4. The van der Waals surface area contributed by atoms with Crippen LogP contribution in [0.2, 0.25) is 0 Å². The second-order valence-corrected chi connectivity index (χ2v) is 6.13. The molecule has 0 amide bonds. The van der Waals surface area contributed by atoms with Gasteiger partial charge in [-0.05, 0) is 65.7 Å². The van der Waals surface area contributed by atoms with Gasteiger partial charge in [-0.1, -0.05) is 42.8 Å². The molecular weight excluding hydrogens is 364 g/mol. The average Bonchev–Trinajstić information content (AvgIpc) is 2.42. The van der Waals surface area contributed by atoms with Gasteiger partial charge in [0, 0.05) is 3.57 Å². The minimum absolute atomic E-state index is 0.114. The van der Waals surface area contributed by atoms with E-state index in [1.165, 1.54) is 17.2 Å². The molecule has 0 aliphatic rings. The minimum atomic E-state index is -0.184. The summed E-state index contributed by atoms with van der Waals surface area (Å²) in [6.45, 7) is 5.17. The highest BCUT2D eigenvalue weighted by Gasteiger charge is 2.16. The van der Waals surface area contributed by atoms with Crippen LogP contribution in [-0.4, -0.2) is 6.54 Å². The van der Waals surface area contributed by atoms with Crippen LogP contribution in [0, 0.1) is 16.3 Å². The Bertz CT molecular complexity index is 566. The van der Waals surface area contributed by atoms with Crippen LogP contribution >= 0.6 is 22.6 Å². The fourth-order valence-corrected chi connectivity index (χ4v) is 2.98. The maximum atomic E-state index is 13.3. The molecule has 1 N–H and O–H groups in total. The molecule has 0 spiro atoms. The van der Waals surface area contributed by atoms with E-state index in [-0.39, 0.29) is 11.9 Å². The summed E-state index contributed by atoms with van der Waals surface area (Å²) in [4.78, 5) is 0. The summed E-state index contributed by atoms with van der Waals surface area (Å²) in [6, 6.07) is 13.6. The molecule has 106 valence electrons. The standard InChI is InChI=1S/C17H19FIN/c1-3-10-20-17(13-6-4-12(2)5-7-13)15-9-8-14(18)11-16(15)19/h4-9,11,17,20H,3,10H2,1-2H3. The van der Waals surface area contributed by atoms with E-state index in [0.717, 1.165) is 22.1 Å². The second kappa shape index (κ2) is 7.18. The third-order valence-electron chi connectivity index (χ3n) is 3.28. The predicted octanol–water partition coefficient (Wildman–Crippen LogP) is 4.83. The molecule has 0 saturated heterocycles. The third-order valence-corrected chi connectivity index (χ3v) is 4.22. The molecule has 1 atom stereocenters. The van der Waals surface area contributed by atoms with Gasteiger partial charge in [0.25, 0.3) is 0 Å². The van der Waals surface area contributed by atoms with Gasteiger partial charge in [-0.25, -0.2) is 4.39 Å². The zero-order valence-corrected chi connectivity index (χ0v) is 13.9. The highest BCUT2D eigenvalue weighted by atomic mass is 127. The summed E-state index contributed by atoms with van der Waals surface area (Å²) in [6.07, 6.45) is 1.07. The van der Waals surface area contributed by atoms with E-state index in [2.05, 4.69) is 66.0 Å². The van der Waals surface area contributed by atoms with Crippen LogP contribution < -0.4 is 5.32 Å². The van der Waals surface area contributed by atoms with E-state index in [1.807, 2.05) is 6.07 Å². The number of halogens is 2. The topological polar surface area (TPSA) is 12.0 Å². The zero-order valence-electron chi connectivity index (χ0n) is 11.8. The van der Waals surface area contributed by atoms with Crippen molar-refractivity contribution in [1.82, 2.24) is 5.32 Å². The van der Waals surface area contributed by atoms with Crippen molar-refractivity contribution in [1.29, 1.82) is 0 Å². The van der Waals surface area contributed by atoms with Crippen LogP contribution in [-0.2, 0) is 0 Å². The van der Waals surface area contributed by atoms with Crippen LogP contribution in [0.3, 0.4) is 0 Å². The molecule has 2 aromatic rings. The maximum absolute atomic E-state index is 13.3. The van der Waals surface area contributed by atoms with Crippen molar-refractivity contribution in [2.24, 2.45) is 0 Å². The normalized spacial score (nSPS) is 12.4. The maximum Gasteiger partial charge on any atom is 0.124 e. The second-order valence-electron chi connectivity index (χ2n) is 4.96. The molecule has 2 rings (SSSR count). The summed E-state index contributed by atoms with van der Waals surface area (Å²) in [5.41, 5.74) is 3.59. The Hall–Kier alpha value is -0.940. The Balaban J connectivity index is 2.38. The zero-order chi connectivity index (χ0) is 14.5. The van der Waals surface area contributed by atoms with E-state index in [4.69, 9.17) is 0 Å². The number of benzene rings is 2. The van der Waals surface area contributed by atoms with Gasteiger partial charge in [0.05, 0.1) is 6.04 Å². The molecule has 0 aliphatic carbocycles. The number of hydrogen-bond acceptors (Lipinski definition) is 1. The molecule has 0 aromatic heterocycles. The lowest BCUT2D eigenvalue weighted by Crippen LogP contribution is -2.24. The molecule has 1 unspecified atom stereocenters. The van der Waals surface area contributed by atoms with Crippen molar-refractivity contribution in [3.8, 4) is 0 Å².